The van der Waals surface area contributed by atoms with Crippen LogP contribution in [0.4, 0.5) is 5.69 Å². The lowest BCUT2D eigenvalue weighted by Gasteiger charge is -2.09. The van der Waals surface area contributed by atoms with Crippen molar-refractivity contribution >= 4 is 23.1 Å². The molecule has 0 saturated heterocycles. The molecular weight excluding hydrogens is 222 g/mol. The second kappa shape index (κ2) is 4.41. The third-order valence-electron chi connectivity index (χ3n) is 2.11. The molecule has 1 aromatic carbocycles. The molecule has 0 bridgehead atoms. The first-order chi connectivity index (χ1) is 7.65. The van der Waals surface area contributed by atoms with Gasteiger partial charge in [-0.05, 0) is 31.2 Å². The SMILES string of the molecule is C=C(Nc1cccc(Cl)c1)n1ccc(C)n1. The van der Waals surface area contributed by atoms with Gasteiger partial charge in [0.1, 0.15) is 5.82 Å². The molecule has 82 valence electrons. The van der Waals surface area contributed by atoms with Gasteiger partial charge in [-0.1, -0.05) is 24.2 Å². The van der Waals surface area contributed by atoms with Crippen LogP contribution in [0.15, 0.2) is 43.1 Å². The van der Waals surface area contributed by atoms with Crippen LogP contribution in [0.1, 0.15) is 5.69 Å². The summed E-state index contributed by atoms with van der Waals surface area (Å²) in [6.45, 7) is 5.84. The number of anilines is 1. The standard InChI is InChI=1S/C12H12ClN3/c1-9-6-7-16(15-9)10(2)14-12-5-3-4-11(13)8-12/h3-8,14H,2H2,1H3. The molecule has 0 aliphatic heterocycles. The van der Waals surface area contributed by atoms with E-state index in [2.05, 4.69) is 17.0 Å². The maximum absolute atomic E-state index is 5.89. The smallest absolute Gasteiger partial charge is 0.124 e. The van der Waals surface area contributed by atoms with Gasteiger partial charge in [0, 0.05) is 16.9 Å². The van der Waals surface area contributed by atoms with E-state index in [1.54, 1.807) is 4.68 Å². The van der Waals surface area contributed by atoms with Crippen LogP contribution in [0.25, 0.3) is 5.82 Å². The highest BCUT2D eigenvalue weighted by Crippen LogP contribution is 2.17. The molecule has 2 aromatic rings. The summed E-state index contributed by atoms with van der Waals surface area (Å²) in [5.74, 6) is 0.690. The Morgan fingerprint density at radius 1 is 1.44 bits per heavy atom. The molecule has 0 unspecified atom stereocenters. The molecule has 4 heteroatoms. The van der Waals surface area contributed by atoms with Crippen molar-refractivity contribution in [3.8, 4) is 0 Å². The maximum atomic E-state index is 5.89. The van der Waals surface area contributed by atoms with Crippen LogP contribution < -0.4 is 5.32 Å². The van der Waals surface area contributed by atoms with Crippen molar-refractivity contribution in [2.24, 2.45) is 0 Å². The van der Waals surface area contributed by atoms with E-state index in [4.69, 9.17) is 11.6 Å². The Balaban J connectivity index is 2.13. The van der Waals surface area contributed by atoms with Crippen LogP contribution in [-0.2, 0) is 0 Å². The molecule has 3 nitrogen and oxygen atoms in total. The third kappa shape index (κ3) is 2.44. The van der Waals surface area contributed by atoms with Crippen LogP contribution in [-0.4, -0.2) is 9.78 Å². The summed E-state index contributed by atoms with van der Waals surface area (Å²) in [6.07, 6.45) is 1.86. The van der Waals surface area contributed by atoms with Crippen LogP contribution in [0, 0.1) is 6.92 Å². The highest BCUT2D eigenvalue weighted by Gasteiger charge is 2.00. The summed E-state index contributed by atoms with van der Waals surface area (Å²) in [4.78, 5) is 0. The van der Waals surface area contributed by atoms with Gasteiger partial charge in [-0.15, -0.1) is 0 Å². The molecule has 0 aliphatic rings. The third-order valence-corrected chi connectivity index (χ3v) is 2.35. The van der Waals surface area contributed by atoms with Crippen molar-refractivity contribution in [3.63, 3.8) is 0 Å². The lowest BCUT2D eigenvalue weighted by molar-refractivity contribution is 0.881. The van der Waals surface area contributed by atoms with E-state index in [1.165, 1.54) is 0 Å². The molecular formula is C12H12ClN3. The first-order valence-electron chi connectivity index (χ1n) is 4.89. The molecule has 0 saturated carbocycles. The second-order valence-corrected chi connectivity index (χ2v) is 3.92. The van der Waals surface area contributed by atoms with E-state index in [0.29, 0.717) is 10.8 Å². The average Bonchev–Trinajstić information content (AvgIpc) is 2.65. The summed E-state index contributed by atoms with van der Waals surface area (Å²) in [5, 5.41) is 8.07. The largest absolute Gasteiger partial charge is 0.341 e. The minimum Gasteiger partial charge on any atom is -0.341 e. The van der Waals surface area contributed by atoms with Gasteiger partial charge in [0.15, 0.2) is 0 Å². The first-order valence-corrected chi connectivity index (χ1v) is 5.27. The number of benzene rings is 1. The van der Waals surface area contributed by atoms with Crippen molar-refractivity contribution in [2.45, 2.75) is 6.92 Å². The number of aryl methyl sites for hydroxylation is 1. The lowest BCUT2D eigenvalue weighted by atomic mass is 10.3. The summed E-state index contributed by atoms with van der Waals surface area (Å²) >= 11 is 5.89. The highest BCUT2D eigenvalue weighted by molar-refractivity contribution is 6.30. The van der Waals surface area contributed by atoms with Gasteiger partial charge in [0.25, 0.3) is 0 Å². The van der Waals surface area contributed by atoms with Crippen LogP contribution >= 0.6 is 11.6 Å². The Bertz CT molecular complexity index is 516. The zero-order chi connectivity index (χ0) is 11.5. The van der Waals surface area contributed by atoms with Gasteiger partial charge in [-0.25, -0.2) is 4.68 Å². The number of nitrogens with one attached hydrogen (secondary N) is 1. The summed E-state index contributed by atoms with van der Waals surface area (Å²) in [5.41, 5.74) is 1.85. The fourth-order valence-electron chi connectivity index (χ4n) is 1.36. The van der Waals surface area contributed by atoms with Crippen molar-refractivity contribution in [1.82, 2.24) is 9.78 Å². The highest BCUT2D eigenvalue weighted by atomic mass is 35.5. The van der Waals surface area contributed by atoms with E-state index in [0.717, 1.165) is 11.4 Å². The summed E-state index contributed by atoms with van der Waals surface area (Å²) in [6, 6.07) is 9.39. The zero-order valence-corrected chi connectivity index (χ0v) is 9.70. The average molecular weight is 234 g/mol. The lowest BCUT2D eigenvalue weighted by Crippen LogP contribution is -2.06. The van der Waals surface area contributed by atoms with Gasteiger partial charge in [-0.2, -0.15) is 5.10 Å². The summed E-state index contributed by atoms with van der Waals surface area (Å²) in [7, 11) is 0. The zero-order valence-electron chi connectivity index (χ0n) is 8.94. The molecule has 0 radical (unpaired) electrons. The number of aromatic nitrogens is 2. The van der Waals surface area contributed by atoms with Gasteiger partial charge in [0.05, 0.1) is 5.69 Å². The van der Waals surface area contributed by atoms with Gasteiger partial charge in [0.2, 0.25) is 0 Å². The summed E-state index contributed by atoms with van der Waals surface area (Å²) < 4.78 is 1.69. The Hall–Kier alpha value is -1.74. The number of halogens is 1. The monoisotopic (exact) mass is 233 g/mol. The normalized spacial score (nSPS) is 10.1. The Labute approximate surface area is 99.4 Å². The van der Waals surface area contributed by atoms with E-state index >= 15 is 0 Å². The first kappa shape index (κ1) is 10.8. The molecule has 0 fully saturated rings. The fourth-order valence-corrected chi connectivity index (χ4v) is 1.55. The molecule has 16 heavy (non-hydrogen) atoms. The fraction of sp³-hybridized carbons (Fsp3) is 0.0833. The Kier molecular flexibility index (Phi) is 2.97. The Morgan fingerprint density at radius 2 is 2.25 bits per heavy atom. The van der Waals surface area contributed by atoms with E-state index in [9.17, 15) is 0 Å². The van der Waals surface area contributed by atoms with Gasteiger partial charge >= 0.3 is 0 Å². The number of nitrogens with zero attached hydrogens (tertiary/aromatic N) is 2. The minimum absolute atomic E-state index is 0.689. The molecule has 1 aromatic heterocycles. The number of hydrogen-bond donors (Lipinski definition) is 1. The quantitative estimate of drug-likeness (QED) is 0.881. The number of hydrogen-bond acceptors (Lipinski definition) is 2. The van der Waals surface area contributed by atoms with Crippen molar-refractivity contribution in [3.05, 3.63) is 53.8 Å². The molecule has 2 rings (SSSR count). The second-order valence-electron chi connectivity index (χ2n) is 3.48. The van der Waals surface area contributed by atoms with Crippen LogP contribution in [0.2, 0.25) is 5.02 Å². The molecule has 0 amide bonds. The van der Waals surface area contributed by atoms with Crippen LogP contribution in [0.3, 0.4) is 0 Å². The van der Waals surface area contributed by atoms with E-state index < -0.39 is 0 Å². The predicted molar refractivity (Wildman–Crippen MR) is 67.4 cm³/mol. The topological polar surface area (TPSA) is 29.9 Å². The minimum atomic E-state index is 0.689. The molecule has 0 atom stereocenters. The number of rotatable bonds is 3. The molecule has 0 spiro atoms. The predicted octanol–water partition coefficient (Wildman–Crippen LogP) is 3.39. The van der Waals surface area contributed by atoms with Crippen molar-refractivity contribution < 1.29 is 0 Å². The molecule has 0 aliphatic carbocycles. The van der Waals surface area contributed by atoms with Crippen LogP contribution in [0.5, 0.6) is 0 Å². The van der Waals surface area contributed by atoms with Crippen molar-refractivity contribution in [2.75, 3.05) is 5.32 Å². The van der Waals surface area contributed by atoms with E-state index in [1.807, 2.05) is 43.5 Å². The van der Waals surface area contributed by atoms with Gasteiger partial charge < -0.3 is 5.32 Å². The molecule has 1 N–H and O–H groups in total. The van der Waals surface area contributed by atoms with Crippen molar-refractivity contribution in [1.29, 1.82) is 0 Å². The Morgan fingerprint density at radius 3 is 2.88 bits per heavy atom. The van der Waals surface area contributed by atoms with E-state index in [-0.39, 0.29) is 0 Å². The maximum Gasteiger partial charge on any atom is 0.124 e. The molecule has 1 heterocycles. The van der Waals surface area contributed by atoms with Gasteiger partial charge in [-0.3, -0.25) is 0 Å².